The summed E-state index contributed by atoms with van der Waals surface area (Å²) >= 11 is 6.52. The van der Waals surface area contributed by atoms with Gasteiger partial charge < -0.3 is 18.8 Å². The van der Waals surface area contributed by atoms with Crippen LogP contribution in [0.25, 0.3) is 22.2 Å². The number of aryl methyl sites for hydroxylation is 1. The maximum atomic E-state index is 12.8. The molecule has 3 aromatic rings. The van der Waals surface area contributed by atoms with E-state index >= 15 is 0 Å². The van der Waals surface area contributed by atoms with Gasteiger partial charge in [-0.3, -0.25) is 0 Å². The van der Waals surface area contributed by atoms with Crippen molar-refractivity contribution in [1.82, 2.24) is 19.5 Å². The monoisotopic (exact) mass is 500 g/mol. The fourth-order valence-corrected chi connectivity index (χ4v) is 4.69. The molecule has 0 aromatic carbocycles. The van der Waals surface area contributed by atoms with Crippen molar-refractivity contribution in [2.45, 2.75) is 65.0 Å². The van der Waals surface area contributed by atoms with Crippen LogP contribution in [0.4, 0.5) is 0 Å². The highest BCUT2D eigenvalue weighted by atomic mass is 35.5. The topological polar surface area (TPSA) is 105 Å². The molecule has 0 aliphatic heterocycles. The van der Waals surface area contributed by atoms with Gasteiger partial charge in [-0.1, -0.05) is 18.0 Å². The standard InChI is InChI=1S/C25H29ClN4O5/c1-4-33-24(31)22(25(32)34-5-2)30-14-17(21-19(30)11-12-27-23(21)26)18-13-20(29-15(3)28-18)35-16-9-7-6-8-10-16/h11-14,16,22H,4-10H2,1-3H3. The smallest absolute Gasteiger partial charge is 0.340 e. The van der Waals surface area contributed by atoms with Gasteiger partial charge in [0.15, 0.2) is 0 Å². The number of fused-ring (bicyclic) bond motifs is 1. The van der Waals surface area contributed by atoms with E-state index in [1.807, 2.05) is 0 Å². The van der Waals surface area contributed by atoms with E-state index in [0.29, 0.717) is 33.9 Å². The predicted molar refractivity (Wildman–Crippen MR) is 130 cm³/mol. The second-order valence-corrected chi connectivity index (χ2v) is 8.73. The Hall–Kier alpha value is -3.20. The Morgan fingerprint density at radius 2 is 1.80 bits per heavy atom. The third kappa shape index (κ3) is 5.40. The number of halogens is 1. The first kappa shape index (κ1) is 24.9. The van der Waals surface area contributed by atoms with Crippen molar-refractivity contribution in [2.75, 3.05) is 13.2 Å². The Morgan fingerprint density at radius 3 is 2.46 bits per heavy atom. The summed E-state index contributed by atoms with van der Waals surface area (Å²) < 4.78 is 18.1. The van der Waals surface area contributed by atoms with Crippen LogP contribution in [0.1, 0.15) is 57.8 Å². The molecule has 1 saturated carbocycles. The minimum absolute atomic E-state index is 0.120. The van der Waals surface area contributed by atoms with Gasteiger partial charge in [0.25, 0.3) is 0 Å². The summed E-state index contributed by atoms with van der Waals surface area (Å²) in [5, 5.41) is 0.767. The first-order valence-corrected chi connectivity index (χ1v) is 12.3. The molecule has 9 nitrogen and oxygen atoms in total. The number of esters is 2. The molecule has 0 spiro atoms. The average molecular weight is 501 g/mol. The molecule has 1 aliphatic carbocycles. The van der Waals surface area contributed by atoms with Crippen molar-refractivity contribution < 1.29 is 23.8 Å². The molecule has 0 unspecified atom stereocenters. The first-order valence-electron chi connectivity index (χ1n) is 11.9. The van der Waals surface area contributed by atoms with Gasteiger partial charge in [-0.2, -0.15) is 4.98 Å². The number of pyridine rings is 1. The average Bonchev–Trinajstić information content (AvgIpc) is 3.20. The molecule has 0 bridgehead atoms. The van der Waals surface area contributed by atoms with Gasteiger partial charge in [0, 0.05) is 29.4 Å². The second kappa shape index (κ2) is 11.0. The van der Waals surface area contributed by atoms with Crippen molar-refractivity contribution in [1.29, 1.82) is 0 Å². The van der Waals surface area contributed by atoms with E-state index in [-0.39, 0.29) is 24.5 Å². The molecule has 0 radical (unpaired) electrons. The van der Waals surface area contributed by atoms with Crippen molar-refractivity contribution in [3.8, 4) is 17.1 Å². The maximum absolute atomic E-state index is 12.8. The zero-order valence-corrected chi connectivity index (χ0v) is 20.9. The quantitative estimate of drug-likeness (QED) is 0.246. The maximum Gasteiger partial charge on any atom is 0.340 e. The van der Waals surface area contributed by atoms with E-state index < -0.39 is 18.0 Å². The molecule has 3 heterocycles. The zero-order valence-electron chi connectivity index (χ0n) is 20.1. The number of carbonyl (C=O) groups is 2. The largest absolute Gasteiger partial charge is 0.474 e. The van der Waals surface area contributed by atoms with E-state index in [4.69, 9.17) is 25.8 Å². The normalized spacial score (nSPS) is 14.3. The van der Waals surface area contributed by atoms with Crippen LogP contribution in [0.2, 0.25) is 5.15 Å². The molecule has 10 heteroatoms. The number of aromatic nitrogens is 4. The molecule has 3 aromatic heterocycles. The Balaban J connectivity index is 1.83. The molecule has 4 rings (SSSR count). The predicted octanol–water partition coefficient (Wildman–Crippen LogP) is 4.83. The molecular weight excluding hydrogens is 472 g/mol. The highest BCUT2D eigenvalue weighted by Gasteiger charge is 2.34. The Morgan fingerprint density at radius 1 is 1.11 bits per heavy atom. The van der Waals surface area contributed by atoms with E-state index in [1.54, 1.807) is 39.1 Å². The van der Waals surface area contributed by atoms with Crippen LogP contribution in [-0.2, 0) is 19.1 Å². The summed E-state index contributed by atoms with van der Waals surface area (Å²) in [5.41, 5.74) is 1.67. The van der Waals surface area contributed by atoms with Crippen molar-refractivity contribution in [2.24, 2.45) is 0 Å². The van der Waals surface area contributed by atoms with Crippen LogP contribution >= 0.6 is 11.6 Å². The van der Waals surface area contributed by atoms with Gasteiger partial charge >= 0.3 is 11.9 Å². The van der Waals surface area contributed by atoms with Crippen LogP contribution in [0.3, 0.4) is 0 Å². The van der Waals surface area contributed by atoms with E-state index in [2.05, 4.69) is 15.0 Å². The minimum atomic E-state index is -1.34. The van der Waals surface area contributed by atoms with Crippen LogP contribution in [-0.4, -0.2) is 50.8 Å². The van der Waals surface area contributed by atoms with Gasteiger partial charge in [0.1, 0.15) is 17.1 Å². The Kier molecular flexibility index (Phi) is 7.85. The van der Waals surface area contributed by atoms with Gasteiger partial charge in [0.2, 0.25) is 11.9 Å². The second-order valence-electron chi connectivity index (χ2n) is 8.37. The lowest BCUT2D eigenvalue weighted by Gasteiger charge is -2.22. The molecule has 186 valence electrons. The highest BCUT2D eigenvalue weighted by molar-refractivity contribution is 6.35. The molecular formula is C25H29ClN4O5. The molecule has 0 amide bonds. The summed E-state index contributed by atoms with van der Waals surface area (Å²) in [6, 6.07) is 2.10. The molecule has 0 atom stereocenters. The van der Waals surface area contributed by atoms with Crippen LogP contribution in [0.15, 0.2) is 24.5 Å². The van der Waals surface area contributed by atoms with Gasteiger partial charge in [-0.05, 0) is 52.5 Å². The van der Waals surface area contributed by atoms with E-state index in [0.717, 1.165) is 25.7 Å². The lowest BCUT2D eigenvalue weighted by molar-refractivity contribution is -0.160. The third-order valence-electron chi connectivity index (χ3n) is 5.93. The fourth-order valence-electron chi connectivity index (χ4n) is 4.43. The van der Waals surface area contributed by atoms with E-state index in [9.17, 15) is 9.59 Å². The molecule has 35 heavy (non-hydrogen) atoms. The van der Waals surface area contributed by atoms with Gasteiger partial charge in [-0.15, -0.1) is 0 Å². The number of carbonyl (C=O) groups excluding carboxylic acids is 2. The summed E-state index contributed by atoms with van der Waals surface area (Å²) in [6.07, 6.45) is 8.78. The van der Waals surface area contributed by atoms with Crippen molar-refractivity contribution in [3.63, 3.8) is 0 Å². The fraction of sp³-hybridized carbons (Fsp3) is 0.480. The summed E-state index contributed by atoms with van der Waals surface area (Å²) in [7, 11) is 0. The van der Waals surface area contributed by atoms with Crippen LogP contribution in [0.5, 0.6) is 5.88 Å². The number of nitrogens with zero attached hydrogens (tertiary/aromatic N) is 4. The lowest BCUT2D eigenvalue weighted by Crippen LogP contribution is -2.30. The van der Waals surface area contributed by atoms with Crippen LogP contribution < -0.4 is 4.74 Å². The van der Waals surface area contributed by atoms with Gasteiger partial charge in [0.05, 0.1) is 24.4 Å². The third-order valence-corrected chi connectivity index (χ3v) is 6.21. The van der Waals surface area contributed by atoms with Gasteiger partial charge in [-0.25, -0.2) is 19.6 Å². The zero-order chi connectivity index (χ0) is 24.9. The number of ether oxygens (including phenoxy) is 3. The molecule has 1 fully saturated rings. The minimum Gasteiger partial charge on any atom is -0.474 e. The number of hydrogen-bond acceptors (Lipinski definition) is 8. The Bertz CT molecular complexity index is 1200. The van der Waals surface area contributed by atoms with Crippen molar-refractivity contribution in [3.05, 3.63) is 35.5 Å². The number of hydrogen-bond donors (Lipinski definition) is 0. The van der Waals surface area contributed by atoms with Crippen LogP contribution in [0, 0.1) is 6.92 Å². The number of rotatable bonds is 8. The first-order chi connectivity index (χ1) is 16.9. The summed E-state index contributed by atoms with van der Waals surface area (Å²) in [6.45, 7) is 5.39. The highest BCUT2D eigenvalue weighted by Crippen LogP contribution is 2.37. The summed E-state index contributed by atoms with van der Waals surface area (Å²) in [4.78, 5) is 38.9. The van der Waals surface area contributed by atoms with E-state index in [1.165, 1.54) is 17.2 Å². The SMILES string of the molecule is CCOC(=O)C(C(=O)OCC)n1cc(-c2cc(OC3CCCCC3)nc(C)n2)c2c(Cl)nccc21. The molecule has 0 saturated heterocycles. The molecule has 1 aliphatic rings. The Labute approximate surface area is 208 Å². The lowest BCUT2D eigenvalue weighted by atomic mass is 9.98. The van der Waals surface area contributed by atoms with Crippen molar-refractivity contribution >= 4 is 34.4 Å². The summed E-state index contributed by atoms with van der Waals surface area (Å²) in [5.74, 6) is -0.431. The molecule has 0 N–H and O–H groups in total.